The molecule has 0 amide bonds. The van der Waals surface area contributed by atoms with E-state index in [0.717, 1.165) is 11.4 Å². The summed E-state index contributed by atoms with van der Waals surface area (Å²) in [4.78, 5) is 4.27. The molecule has 1 aromatic carbocycles. The second-order valence-corrected chi connectivity index (χ2v) is 5.20. The summed E-state index contributed by atoms with van der Waals surface area (Å²) in [7, 11) is 1.94. The summed E-state index contributed by atoms with van der Waals surface area (Å²) in [6, 6.07) is 6.10. The molecule has 18 heavy (non-hydrogen) atoms. The first-order valence-electron chi connectivity index (χ1n) is 6.16. The van der Waals surface area contributed by atoms with Crippen LogP contribution in [0.25, 0.3) is 0 Å². The number of aromatic nitrogens is 2. The van der Waals surface area contributed by atoms with Crippen LogP contribution in [0.2, 0.25) is 0 Å². The first-order valence-corrected chi connectivity index (χ1v) is 6.16. The van der Waals surface area contributed by atoms with Crippen LogP contribution in [0, 0.1) is 13.8 Å². The third-order valence-electron chi connectivity index (χ3n) is 3.55. The minimum Gasteiger partial charge on any atom is -0.385 e. The maximum absolute atomic E-state index is 10.6. The molecule has 0 radical (unpaired) electrons. The predicted octanol–water partition coefficient (Wildman–Crippen LogP) is 2.49. The van der Waals surface area contributed by atoms with E-state index in [1.807, 2.05) is 30.8 Å². The molecule has 96 valence electrons. The molecule has 0 aliphatic heterocycles. The molecule has 1 N–H and O–H groups in total. The highest BCUT2D eigenvalue weighted by atomic mass is 16.3. The van der Waals surface area contributed by atoms with E-state index in [0.29, 0.717) is 6.42 Å². The van der Waals surface area contributed by atoms with Crippen LogP contribution < -0.4 is 0 Å². The van der Waals surface area contributed by atoms with Crippen molar-refractivity contribution in [2.75, 3.05) is 0 Å². The van der Waals surface area contributed by atoms with E-state index in [1.54, 1.807) is 6.20 Å². The SMILES string of the molecule is Cc1ccc(C(C)(O)Cc2nccn2C)cc1C. The van der Waals surface area contributed by atoms with Crippen molar-refractivity contribution in [3.63, 3.8) is 0 Å². The van der Waals surface area contributed by atoms with Crippen molar-refractivity contribution < 1.29 is 5.11 Å². The molecule has 1 atom stereocenters. The Kier molecular flexibility index (Phi) is 3.26. The molecule has 1 unspecified atom stereocenters. The molecule has 0 saturated heterocycles. The highest BCUT2D eigenvalue weighted by Crippen LogP contribution is 2.26. The summed E-state index contributed by atoms with van der Waals surface area (Å²) >= 11 is 0. The quantitative estimate of drug-likeness (QED) is 0.900. The summed E-state index contributed by atoms with van der Waals surface area (Å²) in [5.41, 5.74) is 2.49. The molecule has 0 fully saturated rings. The third kappa shape index (κ3) is 2.46. The Hall–Kier alpha value is -1.61. The van der Waals surface area contributed by atoms with Gasteiger partial charge in [0.15, 0.2) is 0 Å². The molecule has 0 spiro atoms. The van der Waals surface area contributed by atoms with Crippen molar-refractivity contribution in [1.29, 1.82) is 0 Å². The van der Waals surface area contributed by atoms with E-state index in [9.17, 15) is 5.11 Å². The van der Waals surface area contributed by atoms with Crippen LogP contribution in [-0.4, -0.2) is 14.7 Å². The second-order valence-electron chi connectivity index (χ2n) is 5.20. The first kappa shape index (κ1) is 12.8. The van der Waals surface area contributed by atoms with Gasteiger partial charge in [-0.2, -0.15) is 0 Å². The van der Waals surface area contributed by atoms with Crippen molar-refractivity contribution in [1.82, 2.24) is 9.55 Å². The number of hydrogen-bond donors (Lipinski definition) is 1. The van der Waals surface area contributed by atoms with Crippen LogP contribution in [0.3, 0.4) is 0 Å². The Labute approximate surface area is 108 Å². The van der Waals surface area contributed by atoms with E-state index in [4.69, 9.17) is 0 Å². The van der Waals surface area contributed by atoms with Crippen molar-refractivity contribution in [2.45, 2.75) is 32.8 Å². The predicted molar refractivity (Wildman–Crippen MR) is 72.4 cm³/mol. The second kappa shape index (κ2) is 4.58. The van der Waals surface area contributed by atoms with Gasteiger partial charge >= 0.3 is 0 Å². The van der Waals surface area contributed by atoms with Crippen LogP contribution in [0.1, 0.15) is 29.4 Å². The average molecular weight is 244 g/mol. The molecular formula is C15H20N2O. The van der Waals surface area contributed by atoms with Gasteiger partial charge in [-0.1, -0.05) is 18.2 Å². The van der Waals surface area contributed by atoms with Gasteiger partial charge in [0.2, 0.25) is 0 Å². The Morgan fingerprint density at radius 3 is 2.56 bits per heavy atom. The maximum atomic E-state index is 10.6. The van der Waals surface area contributed by atoms with Crippen molar-refractivity contribution in [2.24, 2.45) is 7.05 Å². The molecule has 0 aliphatic rings. The summed E-state index contributed by atoms with van der Waals surface area (Å²) in [5, 5.41) is 10.6. The highest BCUT2D eigenvalue weighted by molar-refractivity contribution is 5.33. The van der Waals surface area contributed by atoms with E-state index >= 15 is 0 Å². The molecule has 2 rings (SSSR count). The fourth-order valence-electron chi connectivity index (χ4n) is 2.05. The molecule has 3 heteroatoms. The zero-order valence-electron chi connectivity index (χ0n) is 11.4. The minimum atomic E-state index is -0.891. The van der Waals surface area contributed by atoms with Crippen molar-refractivity contribution >= 4 is 0 Å². The zero-order chi connectivity index (χ0) is 13.3. The van der Waals surface area contributed by atoms with Crippen LogP contribution in [-0.2, 0) is 19.1 Å². The van der Waals surface area contributed by atoms with Crippen LogP contribution >= 0.6 is 0 Å². The third-order valence-corrected chi connectivity index (χ3v) is 3.55. The number of aryl methyl sites for hydroxylation is 3. The van der Waals surface area contributed by atoms with Crippen LogP contribution in [0.15, 0.2) is 30.6 Å². The zero-order valence-corrected chi connectivity index (χ0v) is 11.4. The fourth-order valence-corrected chi connectivity index (χ4v) is 2.05. The van der Waals surface area contributed by atoms with Crippen molar-refractivity contribution in [3.8, 4) is 0 Å². The lowest BCUT2D eigenvalue weighted by Gasteiger charge is -2.24. The lowest BCUT2D eigenvalue weighted by molar-refractivity contribution is 0.0547. The standard InChI is InChI=1S/C15H20N2O/c1-11-5-6-13(9-12(11)2)15(3,18)10-14-16-7-8-17(14)4/h5-9,18H,10H2,1-4H3. The van der Waals surface area contributed by atoms with Gasteiger partial charge in [0, 0.05) is 25.9 Å². The Bertz CT molecular complexity index is 555. The molecule has 1 heterocycles. The minimum absolute atomic E-state index is 0.513. The number of aliphatic hydroxyl groups is 1. The van der Waals surface area contributed by atoms with E-state index in [2.05, 4.69) is 31.0 Å². The summed E-state index contributed by atoms with van der Waals surface area (Å²) in [6.07, 6.45) is 4.16. The van der Waals surface area contributed by atoms with Gasteiger partial charge in [0.25, 0.3) is 0 Å². The van der Waals surface area contributed by atoms with Crippen LogP contribution in [0.5, 0.6) is 0 Å². The average Bonchev–Trinajstić information content (AvgIpc) is 2.67. The lowest BCUT2D eigenvalue weighted by Crippen LogP contribution is -2.26. The van der Waals surface area contributed by atoms with Gasteiger partial charge in [-0.05, 0) is 37.5 Å². The number of imidazole rings is 1. The van der Waals surface area contributed by atoms with E-state index in [-0.39, 0.29) is 0 Å². The van der Waals surface area contributed by atoms with Gasteiger partial charge in [-0.3, -0.25) is 0 Å². The molecule has 0 saturated carbocycles. The summed E-state index contributed by atoms with van der Waals surface area (Å²) in [6.45, 7) is 5.98. The summed E-state index contributed by atoms with van der Waals surface area (Å²) in [5.74, 6) is 0.887. The molecule has 0 bridgehead atoms. The number of rotatable bonds is 3. The Morgan fingerprint density at radius 1 is 1.28 bits per heavy atom. The Balaban J connectivity index is 2.30. The largest absolute Gasteiger partial charge is 0.385 e. The molecule has 1 aromatic heterocycles. The number of nitrogens with zero attached hydrogens (tertiary/aromatic N) is 2. The molecule has 3 nitrogen and oxygen atoms in total. The van der Waals surface area contributed by atoms with E-state index in [1.165, 1.54) is 11.1 Å². The van der Waals surface area contributed by atoms with Gasteiger partial charge in [0.1, 0.15) is 5.82 Å². The number of hydrogen-bond acceptors (Lipinski definition) is 2. The van der Waals surface area contributed by atoms with Crippen molar-refractivity contribution in [3.05, 3.63) is 53.1 Å². The molecule has 0 aliphatic carbocycles. The van der Waals surface area contributed by atoms with E-state index < -0.39 is 5.60 Å². The first-order chi connectivity index (χ1) is 8.40. The van der Waals surface area contributed by atoms with Crippen LogP contribution in [0.4, 0.5) is 0 Å². The van der Waals surface area contributed by atoms with Gasteiger partial charge < -0.3 is 9.67 Å². The topological polar surface area (TPSA) is 38.1 Å². The normalized spacial score (nSPS) is 14.5. The summed E-state index contributed by atoms with van der Waals surface area (Å²) < 4.78 is 1.94. The maximum Gasteiger partial charge on any atom is 0.111 e. The lowest BCUT2D eigenvalue weighted by atomic mass is 9.90. The molecular weight excluding hydrogens is 224 g/mol. The fraction of sp³-hybridized carbons (Fsp3) is 0.400. The highest BCUT2D eigenvalue weighted by Gasteiger charge is 2.25. The Morgan fingerprint density at radius 2 is 2.00 bits per heavy atom. The smallest absolute Gasteiger partial charge is 0.111 e. The van der Waals surface area contributed by atoms with Gasteiger partial charge in [-0.25, -0.2) is 4.98 Å². The number of benzene rings is 1. The molecule has 2 aromatic rings. The monoisotopic (exact) mass is 244 g/mol. The van der Waals surface area contributed by atoms with Gasteiger partial charge in [0.05, 0.1) is 5.60 Å². The van der Waals surface area contributed by atoms with Gasteiger partial charge in [-0.15, -0.1) is 0 Å².